The maximum atomic E-state index is 13.7. The van der Waals surface area contributed by atoms with Gasteiger partial charge in [-0.1, -0.05) is 0 Å². The van der Waals surface area contributed by atoms with Crippen LogP contribution in [0.3, 0.4) is 0 Å². The molecule has 2 aromatic heterocycles. The van der Waals surface area contributed by atoms with Gasteiger partial charge in [0.05, 0.1) is 23.2 Å². The van der Waals surface area contributed by atoms with Crippen LogP contribution >= 0.6 is 0 Å². The molecule has 2 aliphatic carbocycles. The third-order valence-electron chi connectivity index (χ3n) is 6.84. The van der Waals surface area contributed by atoms with E-state index in [1.54, 1.807) is 10.9 Å². The van der Waals surface area contributed by atoms with Crippen LogP contribution in [0.4, 0.5) is 19.1 Å². The summed E-state index contributed by atoms with van der Waals surface area (Å²) in [4.78, 5) is 8.10. The molecule has 5 rings (SSSR count). The molecule has 0 atom stereocenters. The first-order chi connectivity index (χ1) is 15.9. The van der Waals surface area contributed by atoms with Crippen LogP contribution in [-0.4, -0.2) is 62.4 Å². The van der Waals surface area contributed by atoms with Crippen molar-refractivity contribution in [1.82, 2.24) is 24.1 Å². The van der Waals surface area contributed by atoms with Gasteiger partial charge in [-0.3, -0.25) is 4.68 Å². The number of alkyl halides is 3. The quantitative estimate of drug-likeness (QED) is 0.627. The SMILES string of the molecule is CC1(N)CC(n2cc(-c3nc(NC4CCN(S(=O)(=O)C5CC5)CC4)ncc3C(F)(F)F)cn2)C1. The highest BCUT2D eigenvalue weighted by atomic mass is 32.2. The average molecular weight is 500 g/mol. The van der Waals surface area contributed by atoms with E-state index >= 15 is 0 Å². The number of piperidine rings is 1. The van der Waals surface area contributed by atoms with Crippen LogP contribution in [-0.2, 0) is 16.2 Å². The normalized spacial score (nSPS) is 26.9. The summed E-state index contributed by atoms with van der Waals surface area (Å²) in [6.45, 7) is 2.68. The monoisotopic (exact) mass is 499 g/mol. The average Bonchev–Trinajstić information content (AvgIpc) is 3.50. The van der Waals surface area contributed by atoms with Gasteiger partial charge in [-0.15, -0.1) is 0 Å². The molecular formula is C21H28F3N7O2S. The van der Waals surface area contributed by atoms with E-state index in [0.717, 1.165) is 6.20 Å². The smallest absolute Gasteiger partial charge is 0.351 e. The van der Waals surface area contributed by atoms with Crippen molar-refractivity contribution >= 4 is 16.0 Å². The lowest BCUT2D eigenvalue weighted by Crippen LogP contribution is -2.49. The summed E-state index contributed by atoms with van der Waals surface area (Å²) in [5, 5.41) is 7.09. The maximum absolute atomic E-state index is 13.7. The molecular weight excluding hydrogens is 471 g/mol. The van der Waals surface area contributed by atoms with Gasteiger partial charge in [0.25, 0.3) is 0 Å². The van der Waals surface area contributed by atoms with Crippen LogP contribution in [0.5, 0.6) is 0 Å². The van der Waals surface area contributed by atoms with E-state index in [9.17, 15) is 21.6 Å². The Morgan fingerprint density at radius 2 is 1.82 bits per heavy atom. The third-order valence-corrected chi connectivity index (χ3v) is 9.24. The van der Waals surface area contributed by atoms with Crippen molar-refractivity contribution in [3.8, 4) is 11.3 Å². The number of nitrogens with one attached hydrogen (secondary N) is 1. The molecule has 3 heterocycles. The highest BCUT2D eigenvalue weighted by Crippen LogP contribution is 2.41. The van der Waals surface area contributed by atoms with Gasteiger partial charge in [-0.2, -0.15) is 18.3 Å². The first-order valence-electron chi connectivity index (χ1n) is 11.5. The van der Waals surface area contributed by atoms with E-state index in [1.807, 2.05) is 6.92 Å². The summed E-state index contributed by atoms with van der Waals surface area (Å²) in [6.07, 6.45) is 3.01. The van der Waals surface area contributed by atoms with Gasteiger partial charge in [0.2, 0.25) is 16.0 Å². The van der Waals surface area contributed by atoms with Crippen molar-refractivity contribution in [2.24, 2.45) is 5.73 Å². The number of rotatable bonds is 6. The lowest BCUT2D eigenvalue weighted by molar-refractivity contribution is -0.137. The van der Waals surface area contributed by atoms with Crippen molar-refractivity contribution in [2.45, 2.75) is 74.5 Å². The van der Waals surface area contributed by atoms with Crippen LogP contribution in [0.1, 0.15) is 57.1 Å². The van der Waals surface area contributed by atoms with E-state index in [4.69, 9.17) is 5.73 Å². The Morgan fingerprint density at radius 3 is 2.41 bits per heavy atom. The molecule has 0 bridgehead atoms. The van der Waals surface area contributed by atoms with Crippen LogP contribution < -0.4 is 11.1 Å². The number of sulfonamides is 1. The molecule has 3 fully saturated rings. The molecule has 0 amide bonds. The first-order valence-corrected chi connectivity index (χ1v) is 13.0. The van der Waals surface area contributed by atoms with Crippen LogP contribution in [0, 0.1) is 0 Å². The number of aromatic nitrogens is 4. The zero-order valence-electron chi connectivity index (χ0n) is 18.8. The number of hydrogen-bond acceptors (Lipinski definition) is 7. The molecule has 0 unspecified atom stereocenters. The fraction of sp³-hybridized carbons (Fsp3) is 0.667. The Labute approximate surface area is 196 Å². The van der Waals surface area contributed by atoms with Crippen LogP contribution in [0.2, 0.25) is 0 Å². The standard InChI is InChI=1S/C21H28F3N7O2S/c1-20(25)8-15(9-20)31-12-13(10-27-31)18-17(21(22,23)24)11-26-19(29-18)28-14-4-6-30(7-5-14)34(32,33)16-2-3-16/h10-12,14-16H,2-9,25H2,1H3,(H,26,28,29). The Bertz CT molecular complexity index is 1160. The van der Waals surface area contributed by atoms with Gasteiger partial charge in [0.1, 0.15) is 5.56 Å². The minimum atomic E-state index is -4.62. The molecule has 3 N–H and O–H groups in total. The predicted molar refractivity (Wildman–Crippen MR) is 119 cm³/mol. The highest BCUT2D eigenvalue weighted by Gasteiger charge is 2.42. The summed E-state index contributed by atoms with van der Waals surface area (Å²) < 4.78 is 69.1. The van der Waals surface area contributed by atoms with E-state index < -0.39 is 21.8 Å². The summed E-state index contributed by atoms with van der Waals surface area (Å²) >= 11 is 0. The third kappa shape index (κ3) is 4.65. The summed E-state index contributed by atoms with van der Waals surface area (Å²) in [5.41, 5.74) is 4.86. The van der Waals surface area contributed by atoms with Gasteiger partial charge in [0.15, 0.2) is 0 Å². The van der Waals surface area contributed by atoms with Gasteiger partial charge in [-0.05, 0) is 45.4 Å². The maximum Gasteiger partial charge on any atom is 0.419 e. The minimum absolute atomic E-state index is 0.0506. The molecule has 0 radical (unpaired) electrons. The topological polar surface area (TPSA) is 119 Å². The first kappa shape index (κ1) is 23.5. The fourth-order valence-corrected chi connectivity index (χ4v) is 6.63. The molecule has 1 aliphatic heterocycles. The number of halogens is 3. The fourth-order valence-electron chi connectivity index (χ4n) is 4.76. The lowest BCUT2D eigenvalue weighted by Gasteiger charge is -2.42. The second-order valence-electron chi connectivity index (χ2n) is 9.94. The Balaban J connectivity index is 1.32. The van der Waals surface area contributed by atoms with E-state index in [1.165, 1.54) is 10.5 Å². The zero-order valence-corrected chi connectivity index (χ0v) is 19.6. The number of hydrogen-bond donors (Lipinski definition) is 2. The summed E-state index contributed by atoms with van der Waals surface area (Å²) in [7, 11) is -3.23. The Hall–Kier alpha value is -2.25. The van der Waals surface area contributed by atoms with Gasteiger partial charge < -0.3 is 11.1 Å². The van der Waals surface area contributed by atoms with Crippen molar-refractivity contribution in [3.63, 3.8) is 0 Å². The summed E-state index contributed by atoms with van der Waals surface area (Å²) in [6, 6.07) is -0.0789. The molecule has 34 heavy (non-hydrogen) atoms. The lowest BCUT2D eigenvalue weighted by atomic mass is 9.75. The van der Waals surface area contributed by atoms with Crippen molar-refractivity contribution in [1.29, 1.82) is 0 Å². The largest absolute Gasteiger partial charge is 0.419 e. The van der Waals surface area contributed by atoms with Gasteiger partial charge in [0, 0.05) is 42.6 Å². The molecule has 2 saturated carbocycles. The number of anilines is 1. The molecule has 13 heteroatoms. The molecule has 0 aromatic carbocycles. The second-order valence-corrected chi connectivity index (χ2v) is 12.2. The Kier molecular flexibility index (Phi) is 5.64. The van der Waals surface area contributed by atoms with E-state index in [-0.39, 0.29) is 40.1 Å². The van der Waals surface area contributed by atoms with E-state index in [2.05, 4.69) is 20.4 Å². The highest BCUT2D eigenvalue weighted by molar-refractivity contribution is 7.90. The molecule has 9 nitrogen and oxygen atoms in total. The van der Waals surface area contributed by atoms with Crippen LogP contribution in [0.25, 0.3) is 11.3 Å². The van der Waals surface area contributed by atoms with Gasteiger partial charge >= 0.3 is 6.18 Å². The van der Waals surface area contributed by atoms with Crippen molar-refractivity contribution in [3.05, 3.63) is 24.2 Å². The Morgan fingerprint density at radius 1 is 1.15 bits per heavy atom. The predicted octanol–water partition coefficient (Wildman–Crippen LogP) is 2.78. The zero-order chi connectivity index (χ0) is 24.3. The number of nitrogens with zero attached hydrogens (tertiary/aromatic N) is 5. The number of nitrogens with two attached hydrogens (primary N) is 1. The van der Waals surface area contributed by atoms with Crippen molar-refractivity contribution in [2.75, 3.05) is 18.4 Å². The molecule has 1 saturated heterocycles. The second kappa shape index (κ2) is 8.16. The van der Waals surface area contributed by atoms with Crippen LogP contribution in [0.15, 0.2) is 18.6 Å². The van der Waals surface area contributed by atoms with Crippen molar-refractivity contribution < 1.29 is 21.6 Å². The minimum Gasteiger partial charge on any atom is -0.351 e. The van der Waals surface area contributed by atoms with E-state index in [0.29, 0.717) is 51.6 Å². The molecule has 186 valence electrons. The summed E-state index contributed by atoms with van der Waals surface area (Å²) in [5.74, 6) is 0.0810. The molecule has 3 aliphatic rings. The molecule has 0 spiro atoms. The van der Waals surface area contributed by atoms with Gasteiger partial charge in [-0.25, -0.2) is 22.7 Å². The molecule has 2 aromatic rings.